The lowest BCUT2D eigenvalue weighted by atomic mass is 10.5. The van der Waals surface area contributed by atoms with Crippen molar-refractivity contribution in [3.05, 3.63) is 18.0 Å². The van der Waals surface area contributed by atoms with Gasteiger partial charge in [-0.15, -0.1) is 0 Å². The molecule has 6 heteroatoms. The van der Waals surface area contributed by atoms with Crippen LogP contribution in [0.4, 0.5) is 0 Å². The summed E-state index contributed by atoms with van der Waals surface area (Å²) >= 11 is 0. The molecule has 0 bridgehead atoms. The van der Waals surface area contributed by atoms with Gasteiger partial charge in [-0.2, -0.15) is 0 Å². The Hall–Kier alpha value is -0.850. The van der Waals surface area contributed by atoms with Crippen LogP contribution in [0.1, 0.15) is 19.0 Å². The summed E-state index contributed by atoms with van der Waals surface area (Å²) in [5, 5.41) is 8.94. The van der Waals surface area contributed by atoms with Crippen molar-refractivity contribution in [3.63, 3.8) is 0 Å². The van der Waals surface area contributed by atoms with E-state index in [-0.39, 0.29) is 11.5 Å². The minimum Gasteiger partial charge on any atom is -0.390 e. The molecule has 0 saturated heterocycles. The molecule has 1 heterocycles. The number of sulfonamides is 1. The Morgan fingerprint density at radius 3 is 2.67 bits per heavy atom. The van der Waals surface area contributed by atoms with Crippen LogP contribution in [-0.4, -0.2) is 24.6 Å². The molecule has 1 aromatic rings. The van der Waals surface area contributed by atoms with Gasteiger partial charge in [-0.25, -0.2) is 13.1 Å². The molecule has 86 valence electrons. The molecule has 0 aromatic carbocycles. The molecule has 0 atom stereocenters. The van der Waals surface area contributed by atoms with Crippen LogP contribution in [0, 0.1) is 0 Å². The lowest BCUT2D eigenvalue weighted by Crippen LogP contribution is -2.23. The lowest BCUT2D eigenvalue weighted by molar-refractivity contribution is 0.272. The zero-order valence-electron chi connectivity index (χ0n) is 8.90. The molecular weight excluding hydrogens is 216 g/mol. The number of aromatic nitrogens is 1. The monoisotopic (exact) mass is 232 g/mol. The van der Waals surface area contributed by atoms with E-state index in [1.54, 1.807) is 11.6 Å². The van der Waals surface area contributed by atoms with Gasteiger partial charge in [0.2, 0.25) is 10.0 Å². The number of aryl methyl sites for hydroxylation is 1. The smallest absolute Gasteiger partial charge is 0.242 e. The van der Waals surface area contributed by atoms with E-state index < -0.39 is 10.0 Å². The molecule has 0 saturated carbocycles. The Balaban J connectivity index is 2.95. The Bertz CT molecular complexity index is 423. The van der Waals surface area contributed by atoms with Gasteiger partial charge in [0.15, 0.2) is 0 Å². The number of nitrogens with one attached hydrogen (secondary N) is 1. The predicted octanol–water partition coefficient (Wildman–Crippen LogP) is 0.206. The van der Waals surface area contributed by atoms with Crippen molar-refractivity contribution in [2.75, 3.05) is 6.54 Å². The molecule has 0 radical (unpaired) electrons. The first kappa shape index (κ1) is 12.2. The maximum absolute atomic E-state index is 11.7. The summed E-state index contributed by atoms with van der Waals surface area (Å²) in [7, 11) is -1.72. The van der Waals surface area contributed by atoms with Gasteiger partial charge in [-0.1, -0.05) is 6.92 Å². The number of hydrogen-bond acceptors (Lipinski definition) is 3. The molecule has 5 nitrogen and oxygen atoms in total. The summed E-state index contributed by atoms with van der Waals surface area (Å²) in [6, 6.07) is 1.47. The van der Waals surface area contributed by atoms with Crippen LogP contribution in [0.3, 0.4) is 0 Å². The Kier molecular flexibility index (Phi) is 3.90. The van der Waals surface area contributed by atoms with Crippen LogP contribution in [0.15, 0.2) is 17.2 Å². The fourth-order valence-corrected chi connectivity index (χ4v) is 2.43. The topological polar surface area (TPSA) is 71.3 Å². The van der Waals surface area contributed by atoms with E-state index in [0.29, 0.717) is 12.2 Å². The third kappa shape index (κ3) is 2.80. The molecule has 0 aliphatic heterocycles. The fraction of sp³-hybridized carbons (Fsp3) is 0.556. The van der Waals surface area contributed by atoms with Gasteiger partial charge in [0.1, 0.15) is 0 Å². The average Bonchev–Trinajstić information content (AvgIpc) is 2.57. The third-order valence-electron chi connectivity index (χ3n) is 2.10. The zero-order chi connectivity index (χ0) is 11.5. The van der Waals surface area contributed by atoms with Crippen molar-refractivity contribution in [2.45, 2.75) is 24.8 Å². The first-order valence-electron chi connectivity index (χ1n) is 4.77. The van der Waals surface area contributed by atoms with E-state index in [4.69, 9.17) is 5.11 Å². The predicted molar refractivity (Wildman–Crippen MR) is 56.8 cm³/mol. The van der Waals surface area contributed by atoms with Gasteiger partial charge < -0.3 is 9.67 Å². The van der Waals surface area contributed by atoms with Crippen LogP contribution < -0.4 is 4.72 Å². The summed E-state index contributed by atoms with van der Waals surface area (Å²) < 4.78 is 27.4. The summed E-state index contributed by atoms with van der Waals surface area (Å²) in [5.74, 6) is 0. The van der Waals surface area contributed by atoms with Crippen molar-refractivity contribution in [3.8, 4) is 0 Å². The molecule has 0 unspecified atom stereocenters. The van der Waals surface area contributed by atoms with Crippen molar-refractivity contribution in [1.82, 2.24) is 9.29 Å². The van der Waals surface area contributed by atoms with E-state index in [9.17, 15) is 8.42 Å². The van der Waals surface area contributed by atoms with Crippen molar-refractivity contribution in [1.29, 1.82) is 0 Å². The number of rotatable bonds is 5. The van der Waals surface area contributed by atoms with Gasteiger partial charge in [0, 0.05) is 25.5 Å². The molecule has 0 amide bonds. The average molecular weight is 232 g/mol. The van der Waals surface area contributed by atoms with Gasteiger partial charge in [-0.3, -0.25) is 0 Å². The van der Waals surface area contributed by atoms with E-state index in [1.165, 1.54) is 12.3 Å². The zero-order valence-corrected chi connectivity index (χ0v) is 9.71. The highest BCUT2D eigenvalue weighted by atomic mass is 32.2. The van der Waals surface area contributed by atoms with Crippen LogP contribution in [0.25, 0.3) is 0 Å². The first-order chi connectivity index (χ1) is 7.01. The summed E-state index contributed by atoms with van der Waals surface area (Å²) in [5.41, 5.74) is 0.576. The Morgan fingerprint density at radius 1 is 1.53 bits per heavy atom. The second-order valence-electron chi connectivity index (χ2n) is 3.33. The highest BCUT2D eigenvalue weighted by molar-refractivity contribution is 7.89. The largest absolute Gasteiger partial charge is 0.390 e. The number of aliphatic hydroxyl groups excluding tert-OH is 1. The number of nitrogens with zero attached hydrogens (tertiary/aromatic N) is 1. The minimum atomic E-state index is -3.42. The summed E-state index contributed by atoms with van der Waals surface area (Å²) in [6.45, 7) is 2.15. The second-order valence-corrected chi connectivity index (χ2v) is 5.10. The van der Waals surface area contributed by atoms with E-state index in [0.717, 1.165) is 6.42 Å². The van der Waals surface area contributed by atoms with Crippen molar-refractivity contribution >= 4 is 10.0 Å². The molecule has 0 spiro atoms. The van der Waals surface area contributed by atoms with Crippen LogP contribution in [0.5, 0.6) is 0 Å². The van der Waals surface area contributed by atoms with Gasteiger partial charge in [-0.05, 0) is 12.5 Å². The van der Waals surface area contributed by atoms with Crippen LogP contribution in [0.2, 0.25) is 0 Å². The van der Waals surface area contributed by atoms with Crippen molar-refractivity contribution < 1.29 is 13.5 Å². The van der Waals surface area contributed by atoms with Gasteiger partial charge in [0.25, 0.3) is 0 Å². The molecule has 1 aromatic heterocycles. The molecular formula is C9H16N2O3S. The van der Waals surface area contributed by atoms with Gasteiger partial charge >= 0.3 is 0 Å². The van der Waals surface area contributed by atoms with Gasteiger partial charge in [0.05, 0.1) is 11.5 Å². The SMILES string of the molecule is CCCNS(=O)(=O)c1cc(CO)n(C)c1. The highest BCUT2D eigenvalue weighted by Gasteiger charge is 2.16. The standard InChI is InChI=1S/C9H16N2O3S/c1-3-4-10-15(13,14)9-5-8(7-12)11(2)6-9/h5-6,10,12H,3-4,7H2,1-2H3. The van der Waals surface area contributed by atoms with E-state index in [2.05, 4.69) is 4.72 Å². The lowest BCUT2D eigenvalue weighted by Gasteiger charge is -2.01. The molecule has 2 N–H and O–H groups in total. The van der Waals surface area contributed by atoms with Crippen LogP contribution >= 0.6 is 0 Å². The molecule has 1 rings (SSSR count). The fourth-order valence-electron chi connectivity index (χ4n) is 1.20. The quantitative estimate of drug-likeness (QED) is 0.762. The molecule has 0 aliphatic carbocycles. The first-order valence-corrected chi connectivity index (χ1v) is 6.25. The molecule has 0 fully saturated rings. The third-order valence-corrected chi connectivity index (χ3v) is 3.53. The number of hydrogen-bond donors (Lipinski definition) is 2. The Morgan fingerprint density at radius 2 is 2.20 bits per heavy atom. The van der Waals surface area contributed by atoms with E-state index in [1.807, 2.05) is 6.92 Å². The maximum Gasteiger partial charge on any atom is 0.242 e. The maximum atomic E-state index is 11.7. The Labute approximate surface area is 89.8 Å². The van der Waals surface area contributed by atoms with Crippen LogP contribution in [-0.2, 0) is 23.7 Å². The minimum absolute atomic E-state index is 0.167. The summed E-state index contributed by atoms with van der Waals surface area (Å²) in [6.07, 6.45) is 2.24. The molecule has 15 heavy (non-hydrogen) atoms. The summed E-state index contributed by atoms with van der Waals surface area (Å²) in [4.78, 5) is 0.197. The highest BCUT2D eigenvalue weighted by Crippen LogP contribution is 2.13. The molecule has 0 aliphatic rings. The van der Waals surface area contributed by atoms with E-state index >= 15 is 0 Å². The second kappa shape index (κ2) is 4.78. The normalized spacial score (nSPS) is 11.9. The number of aliphatic hydroxyl groups is 1. The van der Waals surface area contributed by atoms with Crippen molar-refractivity contribution in [2.24, 2.45) is 7.05 Å².